The number of rotatable bonds is 8. The van der Waals surface area contributed by atoms with Crippen molar-refractivity contribution in [3.63, 3.8) is 0 Å². The fraction of sp³-hybridized carbons (Fsp3) is 0.552. The van der Waals surface area contributed by atoms with Crippen molar-refractivity contribution in [1.29, 1.82) is 0 Å². The van der Waals surface area contributed by atoms with E-state index < -0.39 is 0 Å². The molecule has 1 aromatic carbocycles. The molecule has 0 radical (unpaired) electrons. The second kappa shape index (κ2) is 12.7. The number of hydrogen-bond donors (Lipinski definition) is 3. The quantitative estimate of drug-likeness (QED) is 0.488. The minimum atomic E-state index is -0.0639. The Morgan fingerprint density at radius 1 is 1.05 bits per heavy atom. The number of carbonyl (C=O) groups excluding carboxylic acids is 2. The van der Waals surface area contributed by atoms with Gasteiger partial charge in [0, 0.05) is 96.2 Å². The van der Waals surface area contributed by atoms with Crippen LogP contribution < -0.4 is 16.0 Å². The largest absolute Gasteiger partial charge is 0.367 e. The van der Waals surface area contributed by atoms with E-state index in [-0.39, 0.29) is 23.9 Å². The van der Waals surface area contributed by atoms with Crippen LogP contribution in [0.15, 0.2) is 42.6 Å². The predicted octanol–water partition coefficient (Wildman–Crippen LogP) is 1.57. The van der Waals surface area contributed by atoms with Gasteiger partial charge in [0.15, 0.2) is 0 Å². The monoisotopic (exact) mass is 519 g/mol. The average Bonchev–Trinajstić information content (AvgIpc) is 2.96. The molecule has 2 aromatic rings. The Labute approximate surface area is 226 Å². The number of hydrogen-bond acceptors (Lipinski definition) is 7. The van der Waals surface area contributed by atoms with Crippen molar-refractivity contribution in [3.8, 4) is 0 Å². The van der Waals surface area contributed by atoms with Crippen LogP contribution in [0.4, 0.5) is 5.82 Å². The predicted molar refractivity (Wildman–Crippen MR) is 149 cm³/mol. The van der Waals surface area contributed by atoms with Crippen molar-refractivity contribution in [2.75, 3.05) is 64.2 Å². The van der Waals surface area contributed by atoms with Gasteiger partial charge in [-0.15, -0.1) is 0 Å². The van der Waals surface area contributed by atoms with Gasteiger partial charge in [-0.1, -0.05) is 24.3 Å². The summed E-state index contributed by atoms with van der Waals surface area (Å²) in [4.78, 5) is 36.2. The van der Waals surface area contributed by atoms with Gasteiger partial charge < -0.3 is 20.9 Å². The van der Waals surface area contributed by atoms with Crippen LogP contribution in [0.5, 0.6) is 0 Å². The zero-order chi connectivity index (χ0) is 26.3. The highest BCUT2D eigenvalue weighted by Crippen LogP contribution is 2.20. The van der Waals surface area contributed by atoms with Crippen molar-refractivity contribution in [2.24, 2.45) is 0 Å². The molecule has 0 aliphatic carbocycles. The Kier molecular flexibility index (Phi) is 8.88. The SMILES string of the molecule is CC(=O)N1CCC(Nc2cc(C(=O)NCC(CN3CCc4ccccc4C3)N3CCNCC3)ccn2)CC1. The molecule has 204 valence electrons. The second-order valence-corrected chi connectivity index (χ2v) is 10.8. The summed E-state index contributed by atoms with van der Waals surface area (Å²) >= 11 is 0. The normalized spacial score (nSPS) is 20.0. The highest BCUT2D eigenvalue weighted by Gasteiger charge is 2.26. The molecule has 38 heavy (non-hydrogen) atoms. The van der Waals surface area contributed by atoms with Crippen molar-refractivity contribution in [1.82, 2.24) is 30.3 Å². The van der Waals surface area contributed by atoms with Gasteiger partial charge in [0.1, 0.15) is 5.82 Å². The summed E-state index contributed by atoms with van der Waals surface area (Å²) in [7, 11) is 0. The molecule has 0 spiro atoms. The third kappa shape index (κ3) is 6.89. The molecule has 3 aliphatic heterocycles. The number of likely N-dealkylation sites (tertiary alicyclic amines) is 1. The van der Waals surface area contributed by atoms with Crippen LogP contribution in [0.2, 0.25) is 0 Å². The first-order valence-electron chi connectivity index (χ1n) is 14.1. The van der Waals surface area contributed by atoms with E-state index in [1.807, 2.05) is 11.0 Å². The van der Waals surface area contributed by atoms with E-state index in [0.29, 0.717) is 17.9 Å². The highest BCUT2D eigenvalue weighted by molar-refractivity contribution is 5.94. The lowest BCUT2D eigenvalue weighted by molar-refractivity contribution is -0.129. The van der Waals surface area contributed by atoms with Gasteiger partial charge in [-0.05, 0) is 42.5 Å². The zero-order valence-electron chi connectivity index (χ0n) is 22.5. The molecule has 0 saturated carbocycles. The molecular weight excluding hydrogens is 478 g/mol. The first kappa shape index (κ1) is 26.6. The Morgan fingerprint density at radius 2 is 1.82 bits per heavy atom. The van der Waals surface area contributed by atoms with Crippen LogP contribution in [0, 0.1) is 0 Å². The number of piperidine rings is 1. The number of pyridine rings is 1. The fourth-order valence-electron chi connectivity index (χ4n) is 5.88. The van der Waals surface area contributed by atoms with Crippen molar-refractivity contribution >= 4 is 17.6 Å². The third-order valence-electron chi connectivity index (χ3n) is 8.16. The number of piperazine rings is 1. The first-order valence-corrected chi connectivity index (χ1v) is 14.1. The molecule has 3 aliphatic rings. The number of aromatic nitrogens is 1. The van der Waals surface area contributed by atoms with Crippen molar-refractivity contribution < 1.29 is 9.59 Å². The molecule has 2 saturated heterocycles. The minimum Gasteiger partial charge on any atom is -0.367 e. The lowest BCUT2D eigenvalue weighted by Gasteiger charge is -2.39. The van der Waals surface area contributed by atoms with Gasteiger partial charge in [-0.25, -0.2) is 4.98 Å². The molecule has 1 atom stereocenters. The number of nitrogens with one attached hydrogen (secondary N) is 3. The van der Waals surface area contributed by atoms with E-state index in [0.717, 1.165) is 78.2 Å². The highest BCUT2D eigenvalue weighted by atomic mass is 16.2. The summed E-state index contributed by atoms with van der Waals surface area (Å²) in [6.07, 6.45) is 4.54. The van der Waals surface area contributed by atoms with Crippen LogP contribution in [0.1, 0.15) is 41.3 Å². The van der Waals surface area contributed by atoms with Gasteiger partial charge >= 0.3 is 0 Å². The van der Waals surface area contributed by atoms with Crippen molar-refractivity contribution in [3.05, 3.63) is 59.3 Å². The Bertz CT molecular complexity index is 1100. The number of benzene rings is 1. The van der Waals surface area contributed by atoms with Gasteiger partial charge in [-0.2, -0.15) is 0 Å². The van der Waals surface area contributed by atoms with E-state index >= 15 is 0 Å². The number of fused-ring (bicyclic) bond motifs is 1. The van der Waals surface area contributed by atoms with E-state index in [1.165, 1.54) is 11.1 Å². The Hall–Kier alpha value is -3.01. The summed E-state index contributed by atoms with van der Waals surface area (Å²) in [5.41, 5.74) is 3.50. The summed E-state index contributed by atoms with van der Waals surface area (Å²) in [5.74, 6) is 0.778. The van der Waals surface area contributed by atoms with E-state index in [2.05, 4.69) is 55.0 Å². The molecule has 9 heteroatoms. The maximum atomic E-state index is 13.2. The summed E-state index contributed by atoms with van der Waals surface area (Å²) in [6.45, 7) is 10.7. The lowest BCUT2D eigenvalue weighted by Crippen LogP contribution is -2.56. The molecule has 1 unspecified atom stereocenters. The van der Waals surface area contributed by atoms with Gasteiger partial charge in [-0.3, -0.25) is 19.4 Å². The molecule has 2 amide bonds. The number of anilines is 1. The number of amides is 2. The summed E-state index contributed by atoms with van der Waals surface area (Å²) in [6, 6.07) is 12.9. The van der Waals surface area contributed by atoms with Crippen molar-refractivity contribution in [2.45, 2.75) is 44.8 Å². The minimum absolute atomic E-state index is 0.0639. The molecule has 4 heterocycles. The lowest BCUT2D eigenvalue weighted by atomic mass is 9.99. The molecule has 5 rings (SSSR count). The van der Waals surface area contributed by atoms with Crippen LogP contribution in [0.3, 0.4) is 0 Å². The number of nitrogens with zero attached hydrogens (tertiary/aromatic N) is 4. The second-order valence-electron chi connectivity index (χ2n) is 10.8. The zero-order valence-corrected chi connectivity index (χ0v) is 22.5. The standard InChI is InChI=1S/C29H41N7O2/c1-22(37)35-14-8-26(9-15-35)33-28-18-24(6-10-31-28)29(38)32-19-27(36-16-11-30-12-17-36)21-34-13-7-23-4-2-3-5-25(23)20-34/h2-6,10,18,26-27,30H,7-9,11-17,19-21H2,1H3,(H,31,33)(H,32,38). The molecule has 2 fully saturated rings. The first-order chi connectivity index (χ1) is 18.5. The molecule has 0 bridgehead atoms. The maximum Gasteiger partial charge on any atom is 0.251 e. The van der Waals surface area contributed by atoms with Gasteiger partial charge in [0.25, 0.3) is 5.91 Å². The van der Waals surface area contributed by atoms with Crippen LogP contribution in [-0.2, 0) is 17.8 Å². The topological polar surface area (TPSA) is 92.8 Å². The smallest absolute Gasteiger partial charge is 0.251 e. The fourth-order valence-corrected chi connectivity index (χ4v) is 5.88. The number of carbonyl (C=O) groups is 2. The summed E-state index contributed by atoms with van der Waals surface area (Å²) < 4.78 is 0. The molecular formula is C29H41N7O2. The average molecular weight is 520 g/mol. The summed E-state index contributed by atoms with van der Waals surface area (Å²) in [5, 5.41) is 10.1. The van der Waals surface area contributed by atoms with Crippen LogP contribution >= 0.6 is 0 Å². The van der Waals surface area contributed by atoms with E-state index in [4.69, 9.17) is 0 Å². The van der Waals surface area contributed by atoms with Crippen LogP contribution in [0.25, 0.3) is 0 Å². The molecule has 1 aromatic heterocycles. The van der Waals surface area contributed by atoms with E-state index in [9.17, 15) is 9.59 Å². The van der Waals surface area contributed by atoms with Gasteiger partial charge in [0.2, 0.25) is 5.91 Å². The van der Waals surface area contributed by atoms with E-state index in [1.54, 1.807) is 19.2 Å². The maximum absolute atomic E-state index is 13.2. The Morgan fingerprint density at radius 3 is 2.58 bits per heavy atom. The van der Waals surface area contributed by atoms with Crippen LogP contribution in [-0.4, -0.2) is 102 Å². The molecule has 3 N–H and O–H groups in total. The third-order valence-corrected chi connectivity index (χ3v) is 8.16. The molecule has 9 nitrogen and oxygen atoms in total. The van der Waals surface area contributed by atoms with Gasteiger partial charge in [0.05, 0.1) is 0 Å². The Balaban J connectivity index is 1.17.